The zero-order valence-electron chi connectivity index (χ0n) is 62.0. The van der Waals surface area contributed by atoms with E-state index in [4.69, 9.17) is 65.5 Å². The van der Waals surface area contributed by atoms with Crippen LogP contribution in [0, 0.1) is 18.3 Å². The Morgan fingerprint density at radius 3 is 1.35 bits per heavy atom. The van der Waals surface area contributed by atoms with Gasteiger partial charge in [0.2, 0.25) is 53.3 Å². The Bertz CT molecular complexity index is 5600. The molecule has 0 radical (unpaired) electrons. The topological polar surface area (TPSA) is 405 Å². The molecule has 19 rings (SSSR count). The Morgan fingerprint density at radius 2 is 0.885 bits per heavy atom. The molecular weight excluding hydrogens is 1490 g/mol. The van der Waals surface area contributed by atoms with Gasteiger partial charge in [-0.3, -0.25) is 32.4 Å². The number of nitrogens with zero attached hydrogens (tertiary/aromatic N) is 20. The molecule has 29 nitrogen and oxygen atoms in total. The summed E-state index contributed by atoms with van der Waals surface area (Å²) >= 11 is 5.98. The van der Waals surface area contributed by atoms with Crippen LogP contribution in [0.3, 0.4) is 0 Å². The van der Waals surface area contributed by atoms with Crippen molar-refractivity contribution in [2.45, 2.75) is 186 Å². The largest absolute Gasteiger partial charge is 0.475 e. The van der Waals surface area contributed by atoms with Gasteiger partial charge in [-0.1, -0.05) is 48.0 Å². The zero-order chi connectivity index (χ0) is 79.4. The van der Waals surface area contributed by atoms with Crippen LogP contribution in [0.15, 0.2) is 121 Å². The number of hydrogen-bond acceptors (Lipinski definition) is 23. The molecule has 1 aromatic carbocycles. The molecule has 0 aliphatic heterocycles. The van der Waals surface area contributed by atoms with Crippen LogP contribution in [0.5, 0.6) is 17.6 Å². The van der Waals surface area contributed by atoms with Gasteiger partial charge in [0.1, 0.15) is 76.3 Å². The number of benzene rings is 1. The fraction of sp³-hybridized carbons (Fsp3) is 0.377. The average molecular weight is 1570 g/mol. The van der Waals surface area contributed by atoms with Crippen molar-refractivity contribution in [1.82, 2.24) is 92.2 Å². The van der Waals surface area contributed by atoms with Crippen LogP contribution in [0.4, 0.5) is 62.0 Å². The molecule has 36 heteroatoms. The van der Waals surface area contributed by atoms with Crippen LogP contribution in [0.1, 0.15) is 162 Å². The number of anilines is 6. The number of nitrogens with two attached hydrogens (primary N) is 6. The van der Waals surface area contributed by atoms with Crippen LogP contribution >= 0.6 is 11.6 Å². The lowest BCUT2D eigenvalue weighted by Gasteiger charge is -2.27. The molecule has 12 N–H and O–H groups in total. The third-order valence-corrected chi connectivity index (χ3v) is 20.1. The SMILES string of the molecule is CC(C)Oc1ccc2nc(N)n(CC(F)(F)F)c2n1.Cc1cc(Cl)nc2c1nc(N)n2C1CCC1.N#Cc1ccc2nc(N)n(C3CCC3)c2n1.Nc1nc2ccc(C3CC3)nc2n1CC(F)(F)F.Nc1nc2ccc(OCc3ccccc3)nc2n1C1CCC1.Nc1nc2ccc(OCc3ccccn3)nc2n1C1CCC1. The zero-order valence-corrected chi connectivity index (χ0v) is 62.8. The number of halogens is 7. The minimum absolute atomic E-state index is 0.0629. The van der Waals surface area contributed by atoms with Gasteiger partial charge in [-0.05, 0) is 182 Å². The van der Waals surface area contributed by atoms with Gasteiger partial charge in [-0.2, -0.15) is 46.6 Å². The molecule has 5 aliphatic carbocycles. The van der Waals surface area contributed by atoms with Crippen molar-refractivity contribution in [3.63, 3.8) is 0 Å². The number of ether oxygens (including phenoxy) is 3. The first kappa shape index (κ1) is 77.4. The maximum absolute atomic E-state index is 12.5. The normalized spacial score (nSPS) is 15.1. The number of nitriles is 1. The van der Waals surface area contributed by atoms with Crippen molar-refractivity contribution in [2.75, 3.05) is 34.4 Å². The number of imidazole rings is 6. The summed E-state index contributed by atoms with van der Waals surface area (Å²) in [6, 6.07) is 38.9. The van der Waals surface area contributed by atoms with Crippen LogP contribution in [0.25, 0.3) is 67.0 Å². The highest BCUT2D eigenvalue weighted by molar-refractivity contribution is 6.29. The van der Waals surface area contributed by atoms with Gasteiger partial charge in [-0.15, -0.1) is 0 Å². The molecule has 5 saturated carbocycles. The van der Waals surface area contributed by atoms with Gasteiger partial charge in [0, 0.05) is 60.2 Å². The first-order valence-electron chi connectivity index (χ1n) is 37.2. The number of hydrogen-bond donors (Lipinski definition) is 6. The highest BCUT2D eigenvalue weighted by atomic mass is 35.5. The van der Waals surface area contributed by atoms with E-state index in [1.165, 1.54) is 31.7 Å². The molecular formula is C77H83ClF6N26O3. The molecule has 5 fully saturated rings. The van der Waals surface area contributed by atoms with Crippen LogP contribution in [0.2, 0.25) is 5.15 Å². The average Bonchev–Trinajstić information content (AvgIpc) is 1.64. The molecule has 13 aromatic heterocycles. The summed E-state index contributed by atoms with van der Waals surface area (Å²) in [6.45, 7) is 4.09. The molecule has 5 aliphatic rings. The fourth-order valence-corrected chi connectivity index (χ4v) is 13.6. The Morgan fingerprint density at radius 1 is 0.460 bits per heavy atom. The Hall–Kier alpha value is -12.4. The molecule has 13 heterocycles. The van der Waals surface area contributed by atoms with E-state index in [0.29, 0.717) is 101 Å². The molecule has 0 spiro atoms. The molecule has 113 heavy (non-hydrogen) atoms. The highest BCUT2D eigenvalue weighted by Crippen LogP contribution is 2.42. The first-order chi connectivity index (χ1) is 54.3. The van der Waals surface area contributed by atoms with Crippen molar-refractivity contribution in [2.24, 2.45) is 0 Å². The first-order valence-corrected chi connectivity index (χ1v) is 37.5. The van der Waals surface area contributed by atoms with Crippen LogP contribution < -0.4 is 48.6 Å². The van der Waals surface area contributed by atoms with Gasteiger partial charge in [0.15, 0.2) is 33.9 Å². The second-order valence-corrected chi connectivity index (χ2v) is 28.9. The lowest BCUT2D eigenvalue weighted by molar-refractivity contribution is -0.140. The Labute approximate surface area is 647 Å². The lowest BCUT2D eigenvalue weighted by Crippen LogP contribution is -2.19. The summed E-state index contributed by atoms with van der Waals surface area (Å²) in [5, 5.41) is 9.34. The Balaban J connectivity index is 0.000000113. The van der Waals surface area contributed by atoms with Gasteiger partial charge in [0.05, 0.1) is 11.8 Å². The van der Waals surface area contributed by atoms with Crippen molar-refractivity contribution >= 4 is 114 Å². The van der Waals surface area contributed by atoms with Crippen LogP contribution in [-0.2, 0) is 26.3 Å². The van der Waals surface area contributed by atoms with Gasteiger partial charge < -0.3 is 48.6 Å². The monoisotopic (exact) mass is 1570 g/mol. The number of aryl methyl sites for hydroxylation is 1. The summed E-state index contributed by atoms with van der Waals surface area (Å²) in [5.41, 5.74) is 46.6. The summed E-state index contributed by atoms with van der Waals surface area (Å²) in [7, 11) is 0. The molecule has 0 amide bonds. The standard InChI is InChI=1S/C17H18N4O.C16H17N5O.C11H13ClN4.C11H13F3N4O.C11H11F3N4.C11H11N5/c18-17-19-14-9-10-15(22-11-12-5-2-1-3-6-12)20-16(14)21(17)13-7-4-8-13;17-16-19-13-7-8-14(22-10-11-4-1-2-9-18-11)20-15(13)21(16)12-5-3-6-12;1-6-5-8(12)14-10-9(6)15-11(13)16(10)7-3-2-4-7;1-6(2)19-8-4-3-7-9(17-8)18(10(15)16-7)5-11(12,13)14;12-11(13,14)5-18-9-8(17-10(18)15)4-3-7(16-9)6-1-2-6;12-6-7-4-5-9-10(14-7)16(11(13)15-9)8-2-1-3-8/h1-3,5-6,9-10,13H,4,7-8,11H2,(H2,18,19);1-2,4,7-9,12H,3,5-6,10H2,(H2,17,19);5,7H,2-4H2,1H3,(H2,13,15);3-4,6H,5H2,1-2H3,(H2,15,16);3-4,6H,1-2,5H2,(H2,15,17);4-5,8H,1-3H2,(H2,13,15). The lowest BCUT2D eigenvalue weighted by atomic mass is 9.93. The van der Waals surface area contributed by atoms with Gasteiger partial charge >= 0.3 is 12.4 Å². The summed E-state index contributed by atoms with van der Waals surface area (Å²) in [6.07, 6.45) is 9.06. The van der Waals surface area contributed by atoms with Crippen molar-refractivity contribution < 1.29 is 40.6 Å². The van der Waals surface area contributed by atoms with E-state index in [1.54, 1.807) is 44.3 Å². The summed E-state index contributed by atoms with van der Waals surface area (Å²) < 4.78 is 102. The molecule has 14 aromatic rings. The minimum Gasteiger partial charge on any atom is -0.475 e. The number of rotatable bonds is 15. The van der Waals surface area contributed by atoms with E-state index in [1.807, 2.05) is 116 Å². The predicted molar refractivity (Wildman–Crippen MR) is 417 cm³/mol. The van der Waals surface area contributed by atoms with Crippen molar-refractivity contribution in [3.05, 3.63) is 155 Å². The minimum atomic E-state index is -4.39. The molecule has 0 atom stereocenters. The second kappa shape index (κ2) is 32.9. The molecule has 0 unspecified atom stereocenters. The maximum atomic E-state index is 12.5. The number of nitrogen functional groups attached to an aromatic ring is 6. The third kappa shape index (κ3) is 18.0. The van der Waals surface area contributed by atoms with E-state index < -0.39 is 25.4 Å². The quantitative estimate of drug-likeness (QED) is 0.0410. The number of fused-ring (bicyclic) bond motifs is 6. The molecule has 0 saturated heterocycles. The van der Waals surface area contributed by atoms with E-state index in [9.17, 15) is 26.3 Å². The smallest absolute Gasteiger partial charge is 0.406 e. The predicted octanol–water partition coefficient (Wildman–Crippen LogP) is 15.2. The third-order valence-electron chi connectivity index (χ3n) is 19.9. The fourth-order valence-electron chi connectivity index (χ4n) is 13.4. The van der Waals surface area contributed by atoms with E-state index in [-0.39, 0.29) is 35.2 Å². The van der Waals surface area contributed by atoms with Crippen LogP contribution in [-0.4, -0.2) is 111 Å². The number of pyridine rings is 7. The number of alkyl halides is 6. The molecule has 588 valence electrons. The Kier molecular flexibility index (Phi) is 22.5. The number of aromatic nitrogens is 19. The van der Waals surface area contributed by atoms with E-state index >= 15 is 0 Å². The summed E-state index contributed by atoms with van der Waals surface area (Å²) in [4.78, 5) is 55.5. The molecule has 0 bridgehead atoms. The van der Waals surface area contributed by atoms with Crippen molar-refractivity contribution in [3.8, 4) is 23.7 Å². The van der Waals surface area contributed by atoms with Gasteiger partial charge in [-0.25, -0.2) is 44.9 Å². The van der Waals surface area contributed by atoms with Crippen molar-refractivity contribution in [1.29, 1.82) is 5.26 Å². The maximum Gasteiger partial charge on any atom is 0.406 e. The second-order valence-electron chi connectivity index (χ2n) is 28.5. The van der Waals surface area contributed by atoms with E-state index in [2.05, 4.69) is 64.8 Å². The summed E-state index contributed by atoms with van der Waals surface area (Å²) in [5.74, 6) is 3.57. The highest BCUT2D eigenvalue weighted by Gasteiger charge is 2.34. The van der Waals surface area contributed by atoms with E-state index in [0.717, 1.165) is 141 Å². The van der Waals surface area contributed by atoms with Gasteiger partial charge in [0.25, 0.3) is 0 Å².